The molecule has 0 fully saturated rings. The first kappa shape index (κ1) is 10.1. The third kappa shape index (κ3) is 1.97. The van der Waals surface area contributed by atoms with Crippen LogP contribution in [0.15, 0.2) is 30.5 Å². The number of nitrogens with two attached hydrogens (primary N) is 1. The van der Waals surface area contributed by atoms with Crippen LogP contribution in [0.5, 0.6) is 0 Å². The van der Waals surface area contributed by atoms with Crippen molar-refractivity contribution in [1.29, 1.82) is 0 Å². The van der Waals surface area contributed by atoms with Gasteiger partial charge in [-0.1, -0.05) is 18.5 Å². The van der Waals surface area contributed by atoms with Crippen LogP contribution in [0.25, 0.3) is 5.69 Å². The predicted molar refractivity (Wildman–Crippen MR) is 62.4 cm³/mol. The molecule has 1 aromatic carbocycles. The third-order valence-corrected chi connectivity index (χ3v) is 2.48. The van der Waals surface area contributed by atoms with E-state index in [-0.39, 0.29) is 0 Å². The van der Waals surface area contributed by atoms with Crippen LogP contribution in [-0.4, -0.2) is 9.78 Å². The molecule has 15 heavy (non-hydrogen) atoms. The van der Waals surface area contributed by atoms with Crippen LogP contribution in [0.2, 0.25) is 5.02 Å². The number of hydrogen-bond acceptors (Lipinski definition) is 2. The van der Waals surface area contributed by atoms with Crippen molar-refractivity contribution < 1.29 is 0 Å². The Hall–Kier alpha value is -1.48. The van der Waals surface area contributed by atoms with Gasteiger partial charge in [0.2, 0.25) is 0 Å². The Bertz CT molecular complexity index is 476. The molecule has 1 heterocycles. The van der Waals surface area contributed by atoms with Gasteiger partial charge in [-0.25, -0.2) is 4.68 Å². The minimum absolute atomic E-state index is 0.633. The van der Waals surface area contributed by atoms with Crippen molar-refractivity contribution in [2.75, 3.05) is 5.73 Å². The van der Waals surface area contributed by atoms with Crippen molar-refractivity contribution in [3.63, 3.8) is 0 Å². The molecule has 0 unspecified atom stereocenters. The summed E-state index contributed by atoms with van der Waals surface area (Å²) in [5.41, 5.74) is 8.40. The van der Waals surface area contributed by atoms with Crippen LogP contribution in [0.3, 0.4) is 0 Å². The number of nitrogen functional groups attached to an aromatic ring is 1. The quantitative estimate of drug-likeness (QED) is 0.793. The second-order valence-electron chi connectivity index (χ2n) is 3.31. The fourth-order valence-electron chi connectivity index (χ4n) is 1.42. The van der Waals surface area contributed by atoms with Crippen molar-refractivity contribution in [2.24, 2.45) is 0 Å². The lowest BCUT2D eigenvalue weighted by Gasteiger charge is -2.05. The molecule has 0 amide bonds. The van der Waals surface area contributed by atoms with Gasteiger partial charge in [-0.15, -0.1) is 0 Å². The van der Waals surface area contributed by atoms with Gasteiger partial charge in [0.15, 0.2) is 0 Å². The lowest BCUT2D eigenvalue weighted by atomic mass is 10.3. The Labute approximate surface area is 93.5 Å². The third-order valence-electron chi connectivity index (χ3n) is 2.24. The van der Waals surface area contributed by atoms with Crippen molar-refractivity contribution in [2.45, 2.75) is 13.3 Å². The Morgan fingerprint density at radius 2 is 2.20 bits per heavy atom. The SMILES string of the molecule is CCc1ccn(-c2ccc(Cl)cc2N)n1. The van der Waals surface area contributed by atoms with E-state index in [4.69, 9.17) is 17.3 Å². The molecule has 0 aliphatic heterocycles. The topological polar surface area (TPSA) is 43.8 Å². The molecule has 2 rings (SSSR count). The van der Waals surface area contributed by atoms with Gasteiger partial charge in [-0.3, -0.25) is 0 Å². The van der Waals surface area contributed by atoms with Crippen LogP contribution in [-0.2, 0) is 6.42 Å². The fraction of sp³-hybridized carbons (Fsp3) is 0.182. The first-order valence-corrected chi connectivity index (χ1v) is 5.18. The Kier molecular flexibility index (Phi) is 2.64. The second kappa shape index (κ2) is 3.95. The van der Waals surface area contributed by atoms with Crippen LogP contribution < -0.4 is 5.73 Å². The monoisotopic (exact) mass is 221 g/mol. The van der Waals surface area contributed by atoms with Crippen LogP contribution >= 0.6 is 11.6 Å². The van der Waals surface area contributed by atoms with E-state index in [2.05, 4.69) is 12.0 Å². The maximum absolute atomic E-state index is 5.86. The summed E-state index contributed by atoms with van der Waals surface area (Å²) >= 11 is 5.83. The fourth-order valence-corrected chi connectivity index (χ4v) is 1.60. The molecule has 2 N–H and O–H groups in total. The van der Waals surface area contributed by atoms with Gasteiger partial charge in [0.05, 0.1) is 17.1 Å². The summed E-state index contributed by atoms with van der Waals surface area (Å²) in [4.78, 5) is 0. The highest BCUT2D eigenvalue weighted by Crippen LogP contribution is 2.21. The summed E-state index contributed by atoms with van der Waals surface area (Å²) in [6.07, 6.45) is 2.82. The van der Waals surface area contributed by atoms with E-state index in [1.165, 1.54) is 0 Å². The Morgan fingerprint density at radius 3 is 2.80 bits per heavy atom. The van der Waals surface area contributed by atoms with E-state index in [0.29, 0.717) is 10.7 Å². The summed E-state index contributed by atoms with van der Waals surface area (Å²) in [5.74, 6) is 0. The van der Waals surface area contributed by atoms with E-state index in [1.54, 1.807) is 16.8 Å². The van der Waals surface area contributed by atoms with Gasteiger partial charge < -0.3 is 5.73 Å². The minimum atomic E-state index is 0.633. The maximum atomic E-state index is 5.86. The smallest absolute Gasteiger partial charge is 0.0875 e. The maximum Gasteiger partial charge on any atom is 0.0875 e. The largest absolute Gasteiger partial charge is 0.397 e. The molecule has 4 heteroatoms. The van der Waals surface area contributed by atoms with Crippen LogP contribution in [0, 0.1) is 0 Å². The minimum Gasteiger partial charge on any atom is -0.397 e. The van der Waals surface area contributed by atoms with Crippen molar-refractivity contribution in [3.8, 4) is 5.69 Å². The average molecular weight is 222 g/mol. The lowest BCUT2D eigenvalue weighted by Crippen LogP contribution is -2.00. The summed E-state index contributed by atoms with van der Waals surface area (Å²) in [7, 11) is 0. The van der Waals surface area contributed by atoms with E-state index < -0.39 is 0 Å². The highest BCUT2D eigenvalue weighted by molar-refractivity contribution is 6.30. The second-order valence-corrected chi connectivity index (χ2v) is 3.74. The first-order valence-electron chi connectivity index (χ1n) is 4.80. The van der Waals surface area contributed by atoms with E-state index in [1.807, 2.05) is 18.3 Å². The summed E-state index contributed by atoms with van der Waals surface area (Å²) < 4.78 is 1.77. The standard InChI is InChI=1S/C11H12ClN3/c1-2-9-5-6-15(14-9)11-4-3-8(12)7-10(11)13/h3-7H,2,13H2,1H3. The molecule has 2 aromatic rings. The number of hydrogen-bond donors (Lipinski definition) is 1. The molecular weight excluding hydrogens is 210 g/mol. The van der Waals surface area contributed by atoms with Gasteiger partial charge in [0.25, 0.3) is 0 Å². The number of aromatic nitrogens is 2. The zero-order valence-electron chi connectivity index (χ0n) is 8.44. The molecule has 0 aliphatic rings. The predicted octanol–water partition coefficient (Wildman–Crippen LogP) is 2.67. The number of aryl methyl sites for hydroxylation is 1. The number of benzene rings is 1. The molecule has 78 valence electrons. The number of rotatable bonds is 2. The van der Waals surface area contributed by atoms with Crippen LogP contribution in [0.4, 0.5) is 5.69 Å². The number of anilines is 1. The van der Waals surface area contributed by atoms with Crippen molar-refractivity contribution >= 4 is 17.3 Å². The first-order chi connectivity index (χ1) is 7.20. The molecule has 0 saturated heterocycles. The highest BCUT2D eigenvalue weighted by atomic mass is 35.5. The Morgan fingerprint density at radius 1 is 1.40 bits per heavy atom. The zero-order valence-corrected chi connectivity index (χ0v) is 9.20. The highest BCUT2D eigenvalue weighted by Gasteiger charge is 2.03. The molecule has 3 nitrogen and oxygen atoms in total. The molecule has 0 aliphatic carbocycles. The number of halogens is 1. The molecular formula is C11H12ClN3. The van der Waals surface area contributed by atoms with E-state index in [0.717, 1.165) is 17.8 Å². The summed E-state index contributed by atoms with van der Waals surface area (Å²) in [5, 5.41) is 5.02. The van der Waals surface area contributed by atoms with Gasteiger partial charge in [0, 0.05) is 11.2 Å². The van der Waals surface area contributed by atoms with Gasteiger partial charge in [-0.05, 0) is 30.7 Å². The molecule has 0 bridgehead atoms. The summed E-state index contributed by atoms with van der Waals surface area (Å²) in [6.45, 7) is 2.07. The normalized spacial score (nSPS) is 10.5. The van der Waals surface area contributed by atoms with Gasteiger partial charge in [-0.2, -0.15) is 5.10 Å². The van der Waals surface area contributed by atoms with Crippen molar-refractivity contribution in [3.05, 3.63) is 41.2 Å². The van der Waals surface area contributed by atoms with Gasteiger partial charge in [0.1, 0.15) is 0 Å². The molecule has 0 saturated carbocycles. The van der Waals surface area contributed by atoms with Gasteiger partial charge >= 0.3 is 0 Å². The number of nitrogens with zero attached hydrogens (tertiary/aromatic N) is 2. The lowest BCUT2D eigenvalue weighted by molar-refractivity contribution is 0.843. The van der Waals surface area contributed by atoms with Crippen LogP contribution in [0.1, 0.15) is 12.6 Å². The molecule has 1 aromatic heterocycles. The zero-order chi connectivity index (χ0) is 10.8. The molecule has 0 radical (unpaired) electrons. The Balaban J connectivity index is 2.44. The van der Waals surface area contributed by atoms with Crippen molar-refractivity contribution in [1.82, 2.24) is 9.78 Å². The average Bonchev–Trinajstić information content (AvgIpc) is 2.66. The summed E-state index contributed by atoms with van der Waals surface area (Å²) in [6, 6.07) is 7.38. The van der Waals surface area contributed by atoms with E-state index in [9.17, 15) is 0 Å². The molecule has 0 atom stereocenters. The van der Waals surface area contributed by atoms with E-state index >= 15 is 0 Å². The molecule has 0 spiro atoms.